The Kier molecular flexibility index (Phi) is 4.48. The van der Waals surface area contributed by atoms with Crippen LogP contribution in [-0.4, -0.2) is 42.2 Å². The third-order valence-corrected chi connectivity index (χ3v) is 6.86. The van der Waals surface area contributed by atoms with Crippen LogP contribution in [0, 0.1) is 5.82 Å². The van der Waals surface area contributed by atoms with E-state index in [1.807, 2.05) is 17.5 Å². The Hall–Kier alpha value is -2.18. The minimum Gasteiger partial charge on any atom is -0.367 e. The molecule has 0 atom stereocenters. The summed E-state index contributed by atoms with van der Waals surface area (Å²) in [7, 11) is 0. The maximum absolute atomic E-state index is 15.0. The maximum Gasteiger partial charge on any atom is 0.190 e. The van der Waals surface area contributed by atoms with Crippen LogP contribution >= 0.6 is 11.3 Å². The highest BCUT2D eigenvalue weighted by Gasteiger charge is 2.29. The first-order valence-corrected chi connectivity index (χ1v) is 10.9. The summed E-state index contributed by atoms with van der Waals surface area (Å²) >= 11 is 1.64. The van der Waals surface area contributed by atoms with Gasteiger partial charge in [0.1, 0.15) is 5.82 Å². The van der Waals surface area contributed by atoms with Gasteiger partial charge in [0.15, 0.2) is 5.43 Å². The zero-order chi connectivity index (χ0) is 19.3. The molecule has 2 fully saturated rings. The first-order valence-electron chi connectivity index (χ1n) is 10.1. The van der Waals surface area contributed by atoms with Crippen molar-refractivity contribution in [3.63, 3.8) is 0 Å². The number of likely N-dealkylation sites (N-methyl/N-ethyl adjacent to an activating group) is 1. The summed E-state index contributed by atoms with van der Waals surface area (Å²) in [4.78, 5) is 18.4. The van der Waals surface area contributed by atoms with E-state index in [9.17, 15) is 9.18 Å². The Morgan fingerprint density at radius 2 is 1.93 bits per heavy atom. The molecule has 1 aromatic carbocycles. The van der Waals surface area contributed by atoms with Gasteiger partial charge >= 0.3 is 0 Å². The monoisotopic (exact) mass is 397 g/mol. The number of halogens is 1. The fourth-order valence-electron chi connectivity index (χ4n) is 4.24. The second-order valence-electron chi connectivity index (χ2n) is 7.71. The number of thiophene rings is 1. The van der Waals surface area contributed by atoms with Crippen LogP contribution in [0.25, 0.3) is 21.5 Å². The van der Waals surface area contributed by atoms with E-state index in [1.54, 1.807) is 17.4 Å². The van der Waals surface area contributed by atoms with E-state index < -0.39 is 0 Å². The fraction of sp³-hybridized carbons (Fsp3) is 0.409. The molecule has 6 heteroatoms. The Bertz CT molecular complexity index is 1060. The molecule has 2 aliphatic rings. The lowest BCUT2D eigenvalue weighted by molar-refractivity contribution is 0.270. The summed E-state index contributed by atoms with van der Waals surface area (Å²) in [5.74, 6) is -0.291. The molecule has 28 heavy (non-hydrogen) atoms. The van der Waals surface area contributed by atoms with Crippen molar-refractivity contribution in [1.29, 1.82) is 0 Å². The average Bonchev–Trinajstić information content (AvgIpc) is 3.40. The number of hydrogen-bond donors (Lipinski definition) is 0. The number of rotatable bonds is 4. The van der Waals surface area contributed by atoms with Crippen LogP contribution in [0.2, 0.25) is 0 Å². The number of anilines is 1. The summed E-state index contributed by atoms with van der Waals surface area (Å²) in [5, 5.41) is 2.52. The molecule has 0 amide bonds. The molecule has 5 rings (SSSR count). The molecular weight excluding hydrogens is 373 g/mol. The first kappa shape index (κ1) is 17.9. The first-order chi connectivity index (χ1) is 13.7. The van der Waals surface area contributed by atoms with E-state index in [-0.39, 0.29) is 11.2 Å². The van der Waals surface area contributed by atoms with Crippen LogP contribution < -0.4 is 10.3 Å². The van der Waals surface area contributed by atoms with E-state index in [1.165, 1.54) is 6.07 Å². The van der Waals surface area contributed by atoms with Gasteiger partial charge in [-0.1, -0.05) is 13.0 Å². The molecule has 0 N–H and O–H groups in total. The van der Waals surface area contributed by atoms with Crippen LogP contribution in [0.5, 0.6) is 0 Å². The standard InChI is InChI=1S/C22H24FN3OS/c1-2-24-7-9-25(10-8-24)19-13-18-16(12-17(19)23)21(27)14-20(22-4-3-11-28-22)26(18)15-5-6-15/h3-4,11-15H,2,5-10H2,1H3. The predicted octanol–water partition coefficient (Wildman–Crippen LogP) is 4.35. The number of aromatic nitrogens is 1. The molecule has 0 radical (unpaired) electrons. The lowest BCUT2D eigenvalue weighted by atomic mass is 10.1. The molecule has 1 saturated heterocycles. The zero-order valence-electron chi connectivity index (χ0n) is 16.0. The number of fused-ring (bicyclic) bond motifs is 1. The van der Waals surface area contributed by atoms with Crippen molar-refractivity contribution in [1.82, 2.24) is 9.47 Å². The number of piperazine rings is 1. The molecule has 1 saturated carbocycles. The summed E-state index contributed by atoms with van der Waals surface area (Å²) in [5.41, 5.74) is 2.35. The van der Waals surface area contributed by atoms with Gasteiger partial charge in [-0.15, -0.1) is 11.3 Å². The quantitative estimate of drug-likeness (QED) is 0.655. The highest BCUT2D eigenvalue weighted by Crippen LogP contribution is 2.42. The second kappa shape index (κ2) is 7.01. The predicted molar refractivity (Wildman–Crippen MR) is 114 cm³/mol. The number of nitrogens with zero attached hydrogens (tertiary/aromatic N) is 3. The van der Waals surface area contributed by atoms with Crippen molar-refractivity contribution < 1.29 is 4.39 Å². The SMILES string of the molecule is CCN1CCN(c2cc3c(cc2F)c(=O)cc(-c2cccs2)n3C2CC2)CC1. The van der Waals surface area contributed by atoms with Crippen LogP contribution in [-0.2, 0) is 0 Å². The smallest absolute Gasteiger partial charge is 0.190 e. The minimum atomic E-state index is -0.291. The molecule has 0 spiro atoms. The van der Waals surface area contributed by atoms with E-state index in [0.29, 0.717) is 17.1 Å². The topological polar surface area (TPSA) is 28.5 Å². The maximum atomic E-state index is 15.0. The molecule has 2 aromatic heterocycles. The summed E-state index contributed by atoms with van der Waals surface area (Å²) in [6.07, 6.45) is 2.22. The van der Waals surface area contributed by atoms with Crippen molar-refractivity contribution in [2.75, 3.05) is 37.6 Å². The van der Waals surface area contributed by atoms with Gasteiger partial charge in [-0.25, -0.2) is 4.39 Å². The van der Waals surface area contributed by atoms with Gasteiger partial charge < -0.3 is 14.4 Å². The van der Waals surface area contributed by atoms with Gasteiger partial charge in [0.2, 0.25) is 0 Å². The van der Waals surface area contributed by atoms with Crippen molar-refractivity contribution in [3.05, 3.63) is 51.8 Å². The Morgan fingerprint density at radius 1 is 1.14 bits per heavy atom. The van der Waals surface area contributed by atoms with Crippen LogP contribution in [0.15, 0.2) is 40.5 Å². The molecule has 3 heterocycles. The van der Waals surface area contributed by atoms with Crippen molar-refractivity contribution in [2.24, 2.45) is 0 Å². The fourth-order valence-corrected chi connectivity index (χ4v) is 4.98. The zero-order valence-corrected chi connectivity index (χ0v) is 16.8. The summed E-state index contributed by atoms with van der Waals surface area (Å²) < 4.78 is 17.3. The van der Waals surface area contributed by atoms with E-state index >= 15 is 0 Å². The van der Waals surface area contributed by atoms with E-state index in [2.05, 4.69) is 27.4 Å². The van der Waals surface area contributed by atoms with Gasteiger partial charge in [-0.3, -0.25) is 4.79 Å². The Balaban J connectivity index is 1.67. The van der Waals surface area contributed by atoms with Crippen molar-refractivity contribution in [3.8, 4) is 10.6 Å². The molecule has 146 valence electrons. The molecule has 1 aliphatic heterocycles. The molecule has 4 nitrogen and oxygen atoms in total. The van der Waals surface area contributed by atoms with Gasteiger partial charge in [-0.2, -0.15) is 0 Å². The van der Waals surface area contributed by atoms with Gasteiger partial charge in [0, 0.05) is 43.7 Å². The van der Waals surface area contributed by atoms with Gasteiger partial charge in [-0.05, 0) is 43.0 Å². The minimum absolute atomic E-state index is 0.100. The average molecular weight is 398 g/mol. The molecule has 3 aromatic rings. The summed E-state index contributed by atoms with van der Waals surface area (Å²) in [6, 6.07) is 9.52. The number of hydrogen-bond acceptors (Lipinski definition) is 4. The van der Waals surface area contributed by atoms with Gasteiger partial charge in [0.05, 0.1) is 21.8 Å². The van der Waals surface area contributed by atoms with Crippen molar-refractivity contribution in [2.45, 2.75) is 25.8 Å². The lowest BCUT2D eigenvalue weighted by Gasteiger charge is -2.35. The molecular formula is C22H24FN3OS. The van der Waals surface area contributed by atoms with Crippen LogP contribution in [0.4, 0.5) is 10.1 Å². The Labute approximate surface area is 167 Å². The third kappa shape index (κ3) is 3.05. The lowest BCUT2D eigenvalue weighted by Crippen LogP contribution is -2.46. The number of benzene rings is 1. The molecule has 0 bridgehead atoms. The normalized spacial score (nSPS) is 18.1. The highest BCUT2D eigenvalue weighted by molar-refractivity contribution is 7.13. The van der Waals surface area contributed by atoms with E-state index in [0.717, 1.165) is 61.7 Å². The van der Waals surface area contributed by atoms with Gasteiger partial charge in [0.25, 0.3) is 0 Å². The van der Waals surface area contributed by atoms with E-state index in [4.69, 9.17) is 0 Å². The largest absolute Gasteiger partial charge is 0.367 e. The third-order valence-electron chi connectivity index (χ3n) is 5.96. The highest BCUT2D eigenvalue weighted by atomic mass is 32.1. The Morgan fingerprint density at radius 3 is 2.57 bits per heavy atom. The summed E-state index contributed by atoms with van der Waals surface area (Å²) in [6.45, 7) is 6.70. The van der Waals surface area contributed by atoms with Crippen molar-refractivity contribution >= 4 is 27.9 Å². The molecule has 0 unspecified atom stereocenters. The second-order valence-corrected chi connectivity index (χ2v) is 8.66. The molecule has 1 aliphatic carbocycles. The van der Waals surface area contributed by atoms with Crippen LogP contribution in [0.1, 0.15) is 25.8 Å². The number of pyridine rings is 1. The van der Waals surface area contributed by atoms with Crippen LogP contribution in [0.3, 0.4) is 0 Å².